The summed E-state index contributed by atoms with van der Waals surface area (Å²) < 4.78 is 25.9. The molecular weight excluding hydrogens is 334 g/mol. The first-order chi connectivity index (χ1) is 11.8. The molecule has 9 heteroatoms. The number of aliphatic carboxylic acids is 1. The maximum absolute atomic E-state index is 11.8. The van der Waals surface area contributed by atoms with Crippen LogP contribution in [0.3, 0.4) is 0 Å². The fraction of sp³-hybridized carbons (Fsp3) is 0.875. The Hall–Kier alpha value is -1.26. The summed E-state index contributed by atoms with van der Waals surface area (Å²) in [6.07, 6.45) is 0. The fourth-order valence-electron chi connectivity index (χ4n) is 1.56. The molecule has 0 aromatic heterocycles. The number of ether oxygens (including phenoxy) is 5. The van der Waals surface area contributed by atoms with Crippen LogP contribution in [0.1, 0.15) is 20.8 Å². The van der Waals surface area contributed by atoms with Gasteiger partial charge in [-0.3, -0.25) is 9.59 Å². The zero-order valence-corrected chi connectivity index (χ0v) is 15.3. The molecule has 9 nitrogen and oxygen atoms in total. The zero-order valence-electron chi connectivity index (χ0n) is 15.3. The molecule has 0 saturated carbocycles. The van der Waals surface area contributed by atoms with E-state index in [1.807, 2.05) is 0 Å². The van der Waals surface area contributed by atoms with Crippen molar-refractivity contribution >= 4 is 11.9 Å². The molecule has 3 N–H and O–H groups in total. The number of carbonyl (C=O) groups is 2. The molecule has 25 heavy (non-hydrogen) atoms. The van der Waals surface area contributed by atoms with Crippen LogP contribution < -0.4 is 5.73 Å². The van der Waals surface area contributed by atoms with Gasteiger partial charge < -0.3 is 34.5 Å². The molecule has 0 aromatic carbocycles. The smallest absolute Gasteiger partial charge is 0.323 e. The molecule has 0 fully saturated rings. The average molecular weight is 365 g/mol. The van der Waals surface area contributed by atoms with Crippen LogP contribution in [0.15, 0.2) is 0 Å². The lowest BCUT2D eigenvalue weighted by molar-refractivity contribution is -0.169. The Kier molecular flexibility index (Phi) is 13.3. The van der Waals surface area contributed by atoms with Crippen LogP contribution in [0.4, 0.5) is 0 Å². The molecule has 0 bridgehead atoms. The number of hydrogen-bond donors (Lipinski definition) is 2. The van der Waals surface area contributed by atoms with Crippen molar-refractivity contribution in [2.45, 2.75) is 26.4 Å². The number of carboxylic acid groups (broad SMARTS) is 1. The highest BCUT2D eigenvalue weighted by Crippen LogP contribution is 2.12. The number of hydrogen-bond acceptors (Lipinski definition) is 8. The number of nitrogens with two attached hydrogens (primary N) is 1. The minimum absolute atomic E-state index is 0.173. The Labute approximate surface area is 148 Å². The summed E-state index contributed by atoms with van der Waals surface area (Å²) in [5, 5.41) is 9.07. The quantitative estimate of drug-likeness (QED) is 0.235. The molecule has 1 unspecified atom stereocenters. The first kappa shape index (κ1) is 23.7. The van der Waals surface area contributed by atoms with E-state index in [0.717, 1.165) is 0 Å². The summed E-state index contributed by atoms with van der Waals surface area (Å²) in [5.41, 5.74) is 4.52. The van der Waals surface area contributed by atoms with Gasteiger partial charge in [0.2, 0.25) is 0 Å². The lowest BCUT2D eigenvalue weighted by atomic mass is 10.1. The molecule has 0 aromatic rings. The number of rotatable bonds is 15. The van der Waals surface area contributed by atoms with E-state index in [9.17, 15) is 9.59 Å². The van der Waals surface area contributed by atoms with Crippen molar-refractivity contribution < 1.29 is 38.4 Å². The zero-order chi connectivity index (χ0) is 19.1. The molecule has 0 aliphatic rings. The molecule has 148 valence electrons. The highest BCUT2D eigenvalue weighted by Gasteiger charge is 2.31. The first-order valence-corrected chi connectivity index (χ1v) is 8.24. The number of carboxylic acids is 1. The third-order valence-corrected chi connectivity index (χ3v) is 2.65. The van der Waals surface area contributed by atoms with E-state index < -0.39 is 23.5 Å². The Morgan fingerprint density at radius 1 is 0.880 bits per heavy atom. The minimum Gasteiger partial charge on any atom is -0.481 e. The van der Waals surface area contributed by atoms with Crippen molar-refractivity contribution in [2.75, 3.05) is 59.4 Å². The fourth-order valence-corrected chi connectivity index (χ4v) is 1.56. The van der Waals surface area contributed by atoms with Crippen LogP contribution in [0, 0.1) is 5.92 Å². The summed E-state index contributed by atoms with van der Waals surface area (Å²) in [6.45, 7) is 7.95. The summed E-state index contributed by atoms with van der Waals surface area (Å²) in [5.74, 6) is -3.44. The van der Waals surface area contributed by atoms with Crippen LogP contribution >= 0.6 is 0 Å². The summed E-state index contributed by atoms with van der Waals surface area (Å²) in [7, 11) is 0. The van der Waals surface area contributed by atoms with Gasteiger partial charge >= 0.3 is 11.9 Å². The second-order valence-corrected chi connectivity index (χ2v) is 6.13. The Balaban J connectivity index is 3.67. The summed E-state index contributed by atoms with van der Waals surface area (Å²) in [6, 6.07) is 0. The standard InChI is InChI=1S/C16H31NO8/c1-16(2,3)25-15(20)13(14(18)19)12-24-11-10-23-9-8-22-7-6-21-5-4-17/h13H,4-12,17H2,1-3H3,(H,18,19). The average Bonchev–Trinajstić information content (AvgIpc) is 2.49. The van der Waals surface area contributed by atoms with Crippen molar-refractivity contribution in [1.82, 2.24) is 0 Å². The van der Waals surface area contributed by atoms with Gasteiger partial charge in [-0.05, 0) is 20.8 Å². The van der Waals surface area contributed by atoms with Gasteiger partial charge in [0.15, 0.2) is 5.92 Å². The van der Waals surface area contributed by atoms with Gasteiger partial charge in [-0.1, -0.05) is 0 Å². The maximum Gasteiger partial charge on any atom is 0.323 e. The minimum atomic E-state index is -1.35. The topological polar surface area (TPSA) is 127 Å². The Bertz CT molecular complexity index is 370. The van der Waals surface area contributed by atoms with Crippen molar-refractivity contribution in [1.29, 1.82) is 0 Å². The van der Waals surface area contributed by atoms with Crippen LogP contribution in [0.25, 0.3) is 0 Å². The van der Waals surface area contributed by atoms with Crippen LogP contribution in [0.2, 0.25) is 0 Å². The van der Waals surface area contributed by atoms with Gasteiger partial charge in [0.1, 0.15) is 5.60 Å². The Morgan fingerprint density at radius 2 is 1.32 bits per heavy atom. The van der Waals surface area contributed by atoms with Crippen molar-refractivity contribution in [3.63, 3.8) is 0 Å². The third kappa shape index (κ3) is 14.8. The largest absolute Gasteiger partial charge is 0.481 e. The van der Waals surface area contributed by atoms with Gasteiger partial charge in [0, 0.05) is 6.54 Å². The van der Waals surface area contributed by atoms with Crippen LogP contribution in [0.5, 0.6) is 0 Å². The van der Waals surface area contributed by atoms with Crippen LogP contribution in [-0.4, -0.2) is 82.0 Å². The molecule has 0 radical (unpaired) electrons. The van der Waals surface area contributed by atoms with Crippen molar-refractivity contribution in [2.24, 2.45) is 11.7 Å². The number of carbonyl (C=O) groups excluding carboxylic acids is 1. The second-order valence-electron chi connectivity index (χ2n) is 6.13. The molecule has 1 atom stereocenters. The Morgan fingerprint density at radius 3 is 1.72 bits per heavy atom. The molecule has 0 heterocycles. The summed E-state index contributed by atoms with van der Waals surface area (Å²) >= 11 is 0. The van der Waals surface area contributed by atoms with E-state index in [-0.39, 0.29) is 19.8 Å². The lowest BCUT2D eigenvalue weighted by Gasteiger charge is -2.22. The van der Waals surface area contributed by atoms with Crippen molar-refractivity contribution in [3.8, 4) is 0 Å². The van der Waals surface area contributed by atoms with Crippen molar-refractivity contribution in [3.05, 3.63) is 0 Å². The van der Waals surface area contributed by atoms with E-state index >= 15 is 0 Å². The molecule has 0 rings (SSSR count). The highest BCUT2D eigenvalue weighted by molar-refractivity contribution is 5.94. The molecule has 0 spiro atoms. The normalized spacial score (nSPS) is 12.8. The van der Waals surface area contributed by atoms with Crippen LogP contribution in [-0.2, 0) is 33.3 Å². The molecular formula is C16H31NO8. The second kappa shape index (κ2) is 14.0. The summed E-state index contributed by atoms with van der Waals surface area (Å²) in [4.78, 5) is 22.9. The van der Waals surface area contributed by atoms with E-state index in [0.29, 0.717) is 39.6 Å². The predicted octanol–water partition coefficient (Wildman–Crippen LogP) is 0.0540. The van der Waals surface area contributed by atoms with E-state index in [1.165, 1.54) is 0 Å². The first-order valence-electron chi connectivity index (χ1n) is 8.24. The SMILES string of the molecule is CC(C)(C)OC(=O)C(COCCOCCOCCOCCN)C(=O)O. The van der Waals surface area contributed by atoms with Gasteiger partial charge in [-0.15, -0.1) is 0 Å². The highest BCUT2D eigenvalue weighted by atomic mass is 16.6. The van der Waals surface area contributed by atoms with Gasteiger partial charge in [-0.25, -0.2) is 0 Å². The van der Waals surface area contributed by atoms with Gasteiger partial charge in [0.25, 0.3) is 0 Å². The molecule has 0 aliphatic heterocycles. The van der Waals surface area contributed by atoms with E-state index in [1.54, 1.807) is 20.8 Å². The van der Waals surface area contributed by atoms with E-state index in [2.05, 4.69) is 0 Å². The molecule has 0 saturated heterocycles. The maximum atomic E-state index is 11.8. The molecule has 0 aliphatic carbocycles. The third-order valence-electron chi connectivity index (χ3n) is 2.65. The number of esters is 1. The van der Waals surface area contributed by atoms with E-state index in [4.69, 9.17) is 34.5 Å². The lowest BCUT2D eigenvalue weighted by Crippen LogP contribution is -2.35. The monoisotopic (exact) mass is 365 g/mol. The van der Waals surface area contributed by atoms with Gasteiger partial charge in [-0.2, -0.15) is 0 Å². The van der Waals surface area contributed by atoms with Gasteiger partial charge in [0.05, 0.1) is 52.9 Å². The predicted molar refractivity (Wildman–Crippen MR) is 89.3 cm³/mol. The molecule has 0 amide bonds.